The Morgan fingerprint density at radius 3 is 3.00 bits per heavy atom. The first-order valence-electron chi connectivity index (χ1n) is 5.11. The third-order valence-electron chi connectivity index (χ3n) is 2.06. The molecule has 0 aliphatic heterocycles. The number of thioether (sulfide) groups is 1. The van der Waals surface area contributed by atoms with E-state index in [0.29, 0.717) is 19.1 Å². The highest BCUT2D eigenvalue weighted by molar-refractivity contribution is 7.99. The van der Waals surface area contributed by atoms with Crippen LogP contribution < -0.4 is 0 Å². The number of nitrogens with one attached hydrogen (secondary N) is 1. The van der Waals surface area contributed by atoms with Gasteiger partial charge in [0.2, 0.25) is 0 Å². The summed E-state index contributed by atoms with van der Waals surface area (Å²) in [7, 11) is 0. The average molecular weight is 257 g/mol. The van der Waals surface area contributed by atoms with Gasteiger partial charge in [0.05, 0.1) is 24.2 Å². The summed E-state index contributed by atoms with van der Waals surface area (Å²) >= 11 is 7.16. The number of H-pyrrole nitrogens is 1. The minimum absolute atomic E-state index is 0.551. The predicted molar refractivity (Wildman–Crippen MR) is 68.4 cm³/mol. The van der Waals surface area contributed by atoms with E-state index < -0.39 is 0 Å². The van der Waals surface area contributed by atoms with Gasteiger partial charge in [-0.25, -0.2) is 4.98 Å². The number of hydrogen-bond donors (Lipinski definition) is 1. The Balaban J connectivity index is 1.85. The van der Waals surface area contributed by atoms with Gasteiger partial charge in [-0.2, -0.15) is 0 Å². The van der Waals surface area contributed by atoms with Crippen molar-refractivity contribution in [2.75, 3.05) is 24.8 Å². The third kappa shape index (κ3) is 3.14. The van der Waals surface area contributed by atoms with Crippen molar-refractivity contribution in [1.82, 2.24) is 9.97 Å². The highest BCUT2D eigenvalue weighted by Gasteiger charge is 2.01. The molecule has 0 amide bonds. The minimum Gasteiger partial charge on any atom is -0.379 e. The highest BCUT2D eigenvalue weighted by atomic mass is 35.5. The van der Waals surface area contributed by atoms with Crippen LogP contribution in [0, 0.1) is 0 Å². The van der Waals surface area contributed by atoms with E-state index in [-0.39, 0.29) is 0 Å². The summed E-state index contributed by atoms with van der Waals surface area (Å²) in [5.74, 6) is 1.44. The average Bonchev–Trinajstić information content (AvgIpc) is 2.71. The second kappa shape index (κ2) is 6.13. The van der Waals surface area contributed by atoms with Gasteiger partial charge in [0.15, 0.2) is 5.16 Å². The number of aromatic amines is 1. The van der Waals surface area contributed by atoms with Gasteiger partial charge in [-0.1, -0.05) is 23.9 Å². The largest absolute Gasteiger partial charge is 0.379 e. The van der Waals surface area contributed by atoms with Crippen LogP contribution in [0.4, 0.5) is 0 Å². The molecule has 0 spiro atoms. The number of benzene rings is 1. The molecule has 16 heavy (non-hydrogen) atoms. The summed E-state index contributed by atoms with van der Waals surface area (Å²) in [6.07, 6.45) is 0. The van der Waals surface area contributed by atoms with Crippen molar-refractivity contribution in [2.45, 2.75) is 5.16 Å². The number of imidazole rings is 1. The molecule has 86 valence electrons. The molecule has 1 aromatic carbocycles. The molecule has 0 aliphatic rings. The lowest BCUT2D eigenvalue weighted by atomic mass is 10.3. The number of nitrogens with zero attached hydrogens (tertiary/aromatic N) is 1. The Bertz CT molecular complexity index is 413. The first kappa shape index (κ1) is 11.8. The number of rotatable bonds is 6. The van der Waals surface area contributed by atoms with Crippen LogP contribution in [0.5, 0.6) is 0 Å². The van der Waals surface area contributed by atoms with Gasteiger partial charge in [0.25, 0.3) is 0 Å². The molecule has 0 bridgehead atoms. The Kier molecular flexibility index (Phi) is 4.51. The van der Waals surface area contributed by atoms with Crippen molar-refractivity contribution in [3.63, 3.8) is 0 Å². The molecular weight excluding hydrogens is 244 g/mol. The maximum Gasteiger partial charge on any atom is 0.166 e. The van der Waals surface area contributed by atoms with Crippen molar-refractivity contribution in [1.29, 1.82) is 0 Å². The Morgan fingerprint density at radius 1 is 1.31 bits per heavy atom. The molecule has 0 atom stereocenters. The van der Waals surface area contributed by atoms with Gasteiger partial charge in [0, 0.05) is 11.6 Å². The van der Waals surface area contributed by atoms with Gasteiger partial charge < -0.3 is 9.72 Å². The molecule has 1 N–H and O–H groups in total. The topological polar surface area (TPSA) is 37.9 Å². The van der Waals surface area contributed by atoms with Gasteiger partial charge in [-0.05, 0) is 12.1 Å². The van der Waals surface area contributed by atoms with Crippen LogP contribution in [0.1, 0.15) is 0 Å². The number of aromatic nitrogens is 2. The minimum atomic E-state index is 0.551. The number of hydrogen-bond acceptors (Lipinski definition) is 3. The molecule has 2 aromatic rings. The second-order valence-electron chi connectivity index (χ2n) is 3.21. The third-order valence-corrected chi connectivity index (χ3v) is 3.05. The first-order valence-corrected chi connectivity index (χ1v) is 6.63. The molecule has 0 unspecified atom stereocenters. The van der Waals surface area contributed by atoms with E-state index in [9.17, 15) is 0 Å². The number of para-hydroxylation sites is 2. The maximum absolute atomic E-state index is 5.50. The molecule has 2 rings (SSSR count). The molecule has 0 fully saturated rings. The van der Waals surface area contributed by atoms with E-state index in [1.54, 1.807) is 11.8 Å². The summed E-state index contributed by atoms with van der Waals surface area (Å²) in [6, 6.07) is 8.01. The summed E-state index contributed by atoms with van der Waals surface area (Å²) in [5, 5.41) is 0.940. The monoisotopic (exact) mass is 256 g/mol. The lowest BCUT2D eigenvalue weighted by Crippen LogP contribution is -1.99. The zero-order valence-electron chi connectivity index (χ0n) is 8.78. The van der Waals surface area contributed by atoms with Gasteiger partial charge >= 0.3 is 0 Å². The van der Waals surface area contributed by atoms with Gasteiger partial charge in [-0.15, -0.1) is 11.6 Å². The van der Waals surface area contributed by atoms with E-state index >= 15 is 0 Å². The number of alkyl halides is 1. The van der Waals surface area contributed by atoms with Crippen molar-refractivity contribution >= 4 is 34.4 Å². The smallest absolute Gasteiger partial charge is 0.166 e. The normalized spacial score (nSPS) is 11.1. The molecule has 0 saturated carbocycles. The lowest BCUT2D eigenvalue weighted by Gasteiger charge is -1.99. The summed E-state index contributed by atoms with van der Waals surface area (Å²) in [5.41, 5.74) is 2.08. The molecule has 0 radical (unpaired) electrons. The molecule has 3 nitrogen and oxygen atoms in total. The van der Waals surface area contributed by atoms with Crippen molar-refractivity contribution < 1.29 is 4.74 Å². The Labute approximate surface area is 104 Å². The Hall–Kier alpha value is -0.710. The van der Waals surface area contributed by atoms with Crippen LogP contribution in [-0.4, -0.2) is 34.8 Å². The van der Waals surface area contributed by atoms with Crippen molar-refractivity contribution in [3.8, 4) is 0 Å². The fourth-order valence-electron chi connectivity index (χ4n) is 1.35. The zero-order chi connectivity index (χ0) is 11.2. The van der Waals surface area contributed by atoms with Crippen LogP contribution in [0.2, 0.25) is 0 Å². The van der Waals surface area contributed by atoms with Crippen molar-refractivity contribution in [2.24, 2.45) is 0 Å². The SMILES string of the molecule is ClCCOCCSc1nc2ccccc2[nH]1. The predicted octanol–water partition coefficient (Wildman–Crippen LogP) is 2.91. The lowest BCUT2D eigenvalue weighted by molar-refractivity contribution is 0.166. The van der Waals surface area contributed by atoms with E-state index in [1.165, 1.54) is 0 Å². The van der Waals surface area contributed by atoms with E-state index in [2.05, 4.69) is 9.97 Å². The second-order valence-corrected chi connectivity index (χ2v) is 4.67. The summed E-state index contributed by atoms with van der Waals surface area (Å²) in [6.45, 7) is 1.32. The maximum atomic E-state index is 5.50. The van der Waals surface area contributed by atoms with Crippen LogP contribution in [0.3, 0.4) is 0 Å². The van der Waals surface area contributed by atoms with Gasteiger partial charge in [0.1, 0.15) is 0 Å². The molecule has 0 saturated heterocycles. The van der Waals surface area contributed by atoms with Crippen LogP contribution >= 0.6 is 23.4 Å². The van der Waals surface area contributed by atoms with Crippen molar-refractivity contribution in [3.05, 3.63) is 24.3 Å². The van der Waals surface area contributed by atoms with E-state index in [0.717, 1.165) is 21.9 Å². The standard InChI is InChI=1S/C11H13ClN2OS/c12-5-6-15-7-8-16-11-13-9-3-1-2-4-10(9)14-11/h1-4H,5-8H2,(H,13,14). The summed E-state index contributed by atoms with van der Waals surface area (Å²) in [4.78, 5) is 7.71. The zero-order valence-corrected chi connectivity index (χ0v) is 10.4. The van der Waals surface area contributed by atoms with E-state index in [4.69, 9.17) is 16.3 Å². The highest BCUT2D eigenvalue weighted by Crippen LogP contribution is 2.18. The molecular formula is C11H13ClN2OS. The van der Waals surface area contributed by atoms with Gasteiger partial charge in [-0.3, -0.25) is 0 Å². The number of fused-ring (bicyclic) bond motifs is 1. The number of halogens is 1. The first-order chi connectivity index (χ1) is 7.90. The number of ether oxygens (including phenoxy) is 1. The fraction of sp³-hybridized carbons (Fsp3) is 0.364. The quantitative estimate of drug-likeness (QED) is 0.491. The van der Waals surface area contributed by atoms with Crippen LogP contribution in [0.25, 0.3) is 11.0 Å². The molecule has 1 heterocycles. The molecule has 5 heteroatoms. The molecule has 1 aromatic heterocycles. The van der Waals surface area contributed by atoms with Crippen LogP contribution in [0.15, 0.2) is 29.4 Å². The fourth-order valence-corrected chi connectivity index (χ4v) is 2.20. The summed E-state index contributed by atoms with van der Waals surface area (Å²) < 4.78 is 5.28. The molecule has 0 aliphatic carbocycles. The van der Waals surface area contributed by atoms with Crippen LogP contribution in [-0.2, 0) is 4.74 Å². The Morgan fingerprint density at radius 2 is 2.19 bits per heavy atom. The van der Waals surface area contributed by atoms with E-state index in [1.807, 2.05) is 24.3 Å².